The van der Waals surface area contributed by atoms with Gasteiger partial charge in [0.15, 0.2) is 0 Å². The molecule has 0 aliphatic heterocycles. The predicted octanol–water partition coefficient (Wildman–Crippen LogP) is 4.09. The minimum atomic E-state index is -4.94. The quantitative estimate of drug-likeness (QED) is 0.868. The number of carbonyl (C=O) groups is 1. The van der Waals surface area contributed by atoms with Crippen molar-refractivity contribution in [3.8, 4) is 16.9 Å². The summed E-state index contributed by atoms with van der Waals surface area (Å²) in [4.78, 5) is 11.1. The minimum absolute atomic E-state index is 0.160. The van der Waals surface area contributed by atoms with Gasteiger partial charge in [0.05, 0.1) is 0 Å². The van der Waals surface area contributed by atoms with Crippen LogP contribution in [0.15, 0.2) is 42.5 Å². The molecule has 2 aromatic rings. The number of para-hydroxylation sites is 1. The fourth-order valence-electron chi connectivity index (χ4n) is 1.87. The van der Waals surface area contributed by atoms with Gasteiger partial charge in [0.1, 0.15) is 17.1 Å². The van der Waals surface area contributed by atoms with Crippen LogP contribution in [0.1, 0.15) is 10.4 Å². The van der Waals surface area contributed by atoms with Crippen molar-refractivity contribution in [2.45, 2.75) is 6.36 Å². The summed E-state index contributed by atoms with van der Waals surface area (Å²) in [6.07, 6.45) is -4.94. The lowest BCUT2D eigenvalue weighted by molar-refractivity contribution is -0.274. The van der Waals surface area contributed by atoms with Crippen molar-refractivity contribution in [2.75, 3.05) is 0 Å². The first-order chi connectivity index (χ1) is 9.79. The average molecular weight is 300 g/mol. The van der Waals surface area contributed by atoms with E-state index in [1.807, 2.05) is 0 Å². The highest BCUT2D eigenvalue weighted by molar-refractivity contribution is 5.97. The van der Waals surface area contributed by atoms with Gasteiger partial charge in [-0.1, -0.05) is 30.3 Å². The highest BCUT2D eigenvalue weighted by Gasteiger charge is 2.32. The van der Waals surface area contributed by atoms with Gasteiger partial charge in [-0.25, -0.2) is 9.18 Å². The number of halogens is 4. The third kappa shape index (κ3) is 3.31. The Morgan fingerprint density at radius 3 is 2.24 bits per heavy atom. The predicted molar refractivity (Wildman–Crippen MR) is 65.5 cm³/mol. The maximum absolute atomic E-state index is 13.6. The summed E-state index contributed by atoms with van der Waals surface area (Å²) in [6, 6.07) is 8.29. The molecular weight excluding hydrogens is 292 g/mol. The van der Waals surface area contributed by atoms with Crippen molar-refractivity contribution < 1.29 is 32.2 Å². The molecule has 0 atom stereocenters. The number of ether oxygens (including phenoxy) is 1. The van der Waals surface area contributed by atoms with Crippen molar-refractivity contribution in [1.82, 2.24) is 0 Å². The lowest BCUT2D eigenvalue weighted by Crippen LogP contribution is -2.17. The Morgan fingerprint density at radius 2 is 1.62 bits per heavy atom. The molecule has 0 aliphatic carbocycles. The Labute approximate surface area is 116 Å². The van der Waals surface area contributed by atoms with Gasteiger partial charge in [-0.2, -0.15) is 0 Å². The van der Waals surface area contributed by atoms with E-state index in [1.54, 1.807) is 0 Å². The summed E-state index contributed by atoms with van der Waals surface area (Å²) in [5.74, 6) is -3.22. The van der Waals surface area contributed by atoms with Gasteiger partial charge >= 0.3 is 12.3 Å². The molecular formula is C14H8F4O3. The molecule has 0 unspecified atom stereocenters. The van der Waals surface area contributed by atoms with Crippen molar-refractivity contribution in [1.29, 1.82) is 0 Å². The molecule has 0 aromatic heterocycles. The SMILES string of the molecule is O=C(O)c1c(F)cccc1-c1ccccc1OC(F)(F)F. The van der Waals surface area contributed by atoms with Gasteiger partial charge in [-0.15, -0.1) is 13.2 Å². The standard InChI is InChI=1S/C14H8F4O3/c15-10-6-3-5-9(12(10)13(19)20)8-4-1-2-7-11(8)21-14(16,17)18/h1-7H,(H,19,20). The van der Waals surface area contributed by atoms with Crippen molar-refractivity contribution in [2.24, 2.45) is 0 Å². The fraction of sp³-hybridized carbons (Fsp3) is 0.0714. The largest absolute Gasteiger partial charge is 0.573 e. The number of benzene rings is 2. The van der Waals surface area contributed by atoms with Gasteiger partial charge < -0.3 is 9.84 Å². The van der Waals surface area contributed by atoms with Gasteiger partial charge in [0.25, 0.3) is 0 Å². The highest BCUT2D eigenvalue weighted by Crippen LogP contribution is 2.36. The van der Waals surface area contributed by atoms with Crippen molar-refractivity contribution >= 4 is 5.97 Å². The van der Waals surface area contributed by atoms with Gasteiger partial charge in [-0.05, 0) is 12.1 Å². The summed E-state index contributed by atoms with van der Waals surface area (Å²) in [7, 11) is 0. The van der Waals surface area contributed by atoms with E-state index in [2.05, 4.69) is 4.74 Å². The zero-order valence-corrected chi connectivity index (χ0v) is 10.3. The molecule has 0 aliphatic rings. The molecule has 0 heterocycles. The van der Waals surface area contributed by atoms with Crippen LogP contribution >= 0.6 is 0 Å². The summed E-state index contributed by atoms with van der Waals surface area (Å²) >= 11 is 0. The molecule has 2 aromatic carbocycles. The molecule has 2 rings (SSSR count). The number of carboxylic acid groups (broad SMARTS) is 1. The van der Waals surface area contributed by atoms with E-state index in [-0.39, 0.29) is 11.1 Å². The normalized spacial score (nSPS) is 11.2. The smallest absolute Gasteiger partial charge is 0.478 e. The molecule has 0 radical (unpaired) electrons. The van der Waals surface area contributed by atoms with E-state index in [4.69, 9.17) is 5.11 Å². The van der Waals surface area contributed by atoms with Crippen molar-refractivity contribution in [3.63, 3.8) is 0 Å². The van der Waals surface area contributed by atoms with Crippen LogP contribution in [-0.2, 0) is 0 Å². The van der Waals surface area contributed by atoms with E-state index >= 15 is 0 Å². The third-order valence-corrected chi connectivity index (χ3v) is 2.63. The number of rotatable bonds is 3. The minimum Gasteiger partial charge on any atom is -0.478 e. The number of alkyl halides is 3. The second-order valence-electron chi connectivity index (χ2n) is 4.01. The third-order valence-electron chi connectivity index (χ3n) is 2.63. The maximum atomic E-state index is 13.6. The number of hydrogen-bond donors (Lipinski definition) is 1. The second kappa shape index (κ2) is 5.43. The Balaban J connectivity index is 2.63. The molecule has 0 saturated carbocycles. The zero-order chi connectivity index (χ0) is 15.6. The first-order valence-corrected chi connectivity index (χ1v) is 5.66. The Hall–Kier alpha value is -2.57. The number of aromatic carboxylic acids is 1. The monoisotopic (exact) mass is 300 g/mol. The number of carboxylic acids is 1. The molecule has 3 nitrogen and oxygen atoms in total. The average Bonchev–Trinajstić information content (AvgIpc) is 2.36. The first-order valence-electron chi connectivity index (χ1n) is 5.66. The van der Waals surface area contributed by atoms with Crippen LogP contribution < -0.4 is 4.74 Å². The molecule has 0 fully saturated rings. The fourth-order valence-corrected chi connectivity index (χ4v) is 1.87. The Bertz CT molecular complexity index is 680. The highest BCUT2D eigenvalue weighted by atomic mass is 19.4. The maximum Gasteiger partial charge on any atom is 0.573 e. The molecule has 1 N–H and O–H groups in total. The van der Waals surface area contributed by atoms with E-state index in [0.29, 0.717) is 0 Å². The summed E-state index contributed by atoms with van der Waals surface area (Å²) in [5, 5.41) is 9.03. The van der Waals surface area contributed by atoms with E-state index < -0.39 is 29.5 Å². The zero-order valence-electron chi connectivity index (χ0n) is 10.3. The molecule has 0 amide bonds. The Kier molecular flexibility index (Phi) is 3.84. The molecule has 110 valence electrons. The molecule has 0 saturated heterocycles. The van der Waals surface area contributed by atoms with Gasteiger partial charge in [0, 0.05) is 11.1 Å². The van der Waals surface area contributed by atoms with Crippen LogP contribution in [0, 0.1) is 5.82 Å². The summed E-state index contributed by atoms with van der Waals surface area (Å²) in [5.41, 5.74) is -1.07. The van der Waals surface area contributed by atoms with E-state index in [0.717, 1.165) is 12.1 Å². The number of hydrogen-bond acceptors (Lipinski definition) is 2. The van der Waals surface area contributed by atoms with Crippen molar-refractivity contribution in [3.05, 3.63) is 53.8 Å². The Morgan fingerprint density at radius 1 is 1.00 bits per heavy atom. The topological polar surface area (TPSA) is 46.5 Å². The second-order valence-corrected chi connectivity index (χ2v) is 4.01. The lowest BCUT2D eigenvalue weighted by atomic mass is 9.98. The first kappa shape index (κ1) is 14.8. The van der Waals surface area contributed by atoms with Crippen LogP contribution in [0.5, 0.6) is 5.75 Å². The van der Waals surface area contributed by atoms with Crippen LogP contribution in [-0.4, -0.2) is 17.4 Å². The van der Waals surface area contributed by atoms with E-state index in [9.17, 15) is 22.4 Å². The molecule has 7 heteroatoms. The molecule has 0 bridgehead atoms. The van der Waals surface area contributed by atoms with Crippen LogP contribution in [0.25, 0.3) is 11.1 Å². The van der Waals surface area contributed by atoms with Crippen LogP contribution in [0.4, 0.5) is 17.6 Å². The summed E-state index contributed by atoms with van der Waals surface area (Å²) < 4.78 is 54.5. The molecule has 0 spiro atoms. The summed E-state index contributed by atoms with van der Waals surface area (Å²) in [6.45, 7) is 0. The van der Waals surface area contributed by atoms with Gasteiger partial charge in [0.2, 0.25) is 0 Å². The molecule has 21 heavy (non-hydrogen) atoms. The van der Waals surface area contributed by atoms with E-state index in [1.165, 1.54) is 30.3 Å². The van der Waals surface area contributed by atoms with Gasteiger partial charge in [-0.3, -0.25) is 0 Å². The lowest BCUT2D eigenvalue weighted by Gasteiger charge is -2.14. The van der Waals surface area contributed by atoms with Crippen LogP contribution in [0.2, 0.25) is 0 Å². The van der Waals surface area contributed by atoms with Crippen LogP contribution in [0.3, 0.4) is 0 Å².